The lowest BCUT2D eigenvalue weighted by Crippen LogP contribution is -2.53. The lowest BCUT2D eigenvalue weighted by atomic mass is 9.87. The average Bonchev–Trinajstić information content (AvgIpc) is 2.77. The minimum Gasteiger partial charge on any atom is -0.497 e. The first-order chi connectivity index (χ1) is 15.5. The molecule has 0 aliphatic carbocycles. The highest BCUT2D eigenvalue weighted by atomic mass is 32.2. The molecule has 2 aromatic rings. The zero-order valence-corrected chi connectivity index (χ0v) is 20.9. The van der Waals surface area contributed by atoms with Gasteiger partial charge in [0.25, 0.3) is 0 Å². The predicted molar refractivity (Wildman–Crippen MR) is 129 cm³/mol. The lowest BCUT2D eigenvalue weighted by molar-refractivity contribution is -0.136. The summed E-state index contributed by atoms with van der Waals surface area (Å²) in [5.74, 6) is 0.440. The molecule has 3 N–H and O–H groups in total. The van der Waals surface area contributed by atoms with E-state index in [1.54, 1.807) is 24.1 Å². The number of benzene rings is 2. The first-order valence-corrected chi connectivity index (χ1v) is 12.8. The van der Waals surface area contributed by atoms with Gasteiger partial charge in [0.1, 0.15) is 18.0 Å². The van der Waals surface area contributed by atoms with Crippen LogP contribution in [0.4, 0.5) is 0 Å². The summed E-state index contributed by atoms with van der Waals surface area (Å²) in [6, 6.07) is 11.6. The van der Waals surface area contributed by atoms with E-state index in [1.165, 1.54) is 0 Å². The molecule has 0 bridgehead atoms. The number of nitrogens with one attached hydrogen (secondary N) is 1. The Morgan fingerprint density at radius 1 is 1.21 bits per heavy atom. The van der Waals surface area contributed by atoms with Gasteiger partial charge in [-0.3, -0.25) is 4.79 Å². The Labute approximate surface area is 197 Å². The second kappa shape index (κ2) is 9.83. The van der Waals surface area contributed by atoms with E-state index in [-0.39, 0.29) is 16.2 Å². The molecule has 0 aromatic heterocycles. The summed E-state index contributed by atoms with van der Waals surface area (Å²) in [6.45, 7) is 8.55. The predicted octanol–water partition coefficient (Wildman–Crippen LogP) is 3.48. The molecule has 0 radical (unpaired) electrons. The molecule has 8 heteroatoms. The molecule has 7 nitrogen and oxygen atoms in total. The van der Waals surface area contributed by atoms with Crippen LogP contribution in [0.3, 0.4) is 0 Å². The lowest BCUT2D eigenvalue weighted by Gasteiger charge is -2.37. The van der Waals surface area contributed by atoms with E-state index in [9.17, 15) is 13.2 Å². The van der Waals surface area contributed by atoms with Crippen LogP contribution >= 0.6 is 0 Å². The number of methoxy groups -OCH3 is 1. The van der Waals surface area contributed by atoms with Crippen LogP contribution in [-0.2, 0) is 26.7 Å². The fourth-order valence-electron chi connectivity index (χ4n) is 4.12. The van der Waals surface area contributed by atoms with Gasteiger partial charge >= 0.3 is 0 Å². The minimum atomic E-state index is -3.87. The summed E-state index contributed by atoms with van der Waals surface area (Å²) in [5.41, 5.74) is 9.29. The van der Waals surface area contributed by atoms with Gasteiger partial charge in [-0.25, -0.2) is 8.42 Å². The monoisotopic (exact) mass is 473 g/mol. The fraction of sp³-hybridized carbons (Fsp3) is 0.480. The number of carbonyl (C=O) groups excluding carboxylic acids is 1. The largest absolute Gasteiger partial charge is 0.497 e. The van der Waals surface area contributed by atoms with Crippen molar-refractivity contribution in [2.45, 2.75) is 69.5 Å². The van der Waals surface area contributed by atoms with Crippen LogP contribution in [0.5, 0.6) is 5.75 Å². The van der Waals surface area contributed by atoms with E-state index >= 15 is 0 Å². The second-order valence-corrected chi connectivity index (χ2v) is 11.2. The summed E-state index contributed by atoms with van der Waals surface area (Å²) in [5, 5.41) is 0. The van der Waals surface area contributed by atoms with Gasteiger partial charge in [-0.05, 0) is 59.2 Å². The summed E-state index contributed by atoms with van der Waals surface area (Å²) in [6.07, 6.45) is 1.03. The molecular weight excluding hydrogens is 438 g/mol. The molecular formula is C25H35N3O4S. The van der Waals surface area contributed by atoms with Crippen LogP contribution in [0.2, 0.25) is 0 Å². The number of nitrogens with zero attached hydrogens (tertiary/aromatic N) is 1. The van der Waals surface area contributed by atoms with Crippen molar-refractivity contribution < 1.29 is 17.9 Å². The number of sulfonamides is 1. The van der Waals surface area contributed by atoms with Crippen molar-refractivity contribution in [1.82, 2.24) is 9.62 Å². The quantitative estimate of drug-likeness (QED) is 0.641. The van der Waals surface area contributed by atoms with E-state index < -0.39 is 22.2 Å². The van der Waals surface area contributed by atoms with Gasteiger partial charge in [0.05, 0.1) is 12.0 Å². The van der Waals surface area contributed by atoms with E-state index in [0.717, 1.165) is 22.4 Å². The topological polar surface area (TPSA) is 102 Å². The number of amides is 1. The average molecular weight is 474 g/mol. The van der Waals surface area contributed by atoms with Gasteiger partial charge in [0.2, 0.25) is 15.9 Å². The Bertz CT molecular complexity index is 1090. The van der Waals surface area contributed by atoms with Gasteiger partial charge in [-0.2, -0.15) is 4.72 Å². The number of carbonyl (C=O) groups is 1. The maximum Gasteiger partial charge on any atom is 0.242 e. The van der Waals surface area contributed by atoms with Crippen LogP contribution in [0.15, 0.2) is 47.4 Å². The highest BCUT2D eigenvalue weighted by Crippen LogP contribution is 2.30. The summed E-state index contributed by atoms with van der Waals surface area (Å²) in [4.78, 5) is 15.1. The Kier molecular flexibility index (Phi) is 7.51. The number of ether oxygens (including phenoxy) is 1. The highest BCUT2D eigenvalue weighted by molar-refractivity contribution is 7.89. The van der Waals surface area contributed by atoms with Gasteiger partial charge < -0.3 is 15.4 Å². The molecule has 0 saturated carbocycles. The first-order valence-electron chi connectivity index (χ1n) is 11.3. The van der Waals surface area contributed by atoms with E-state index in [0.29, 0.717) is 25.8 Å². The maximum atomic E-state index is 13.4. The molecule has 0 fully saturated rings. The summed E-state index contributed by atoms with van der Waals surface area (Å²) < 4.78 is 34.1. The third-order valence-electron chi connectivity index (χ3n) is 6.11. The highest BCUT2D eigenvalue weighted by Gasteiger charge is 2.34. The van der Waals surface area contributed by atoms with Gasteiger partial charge in [0.15, 0.2) is 0 Å². The molecule has 1 heterocycles. The SMILES string of the molecule is CCCC(NS(=O)(=O)c1ccc(C(C)(C)C)cc1)C(=O)N1CCc2cc(OC)ccc2C1N. The number of rotatable bonds is 7. The second-order valence-electron chi connectivity index (χ2n) is 9.53. The molecule has 1 aliphatic heterocycles. The van der Waals surface area contributed by atoms with Crippen molar-refractivity contribution >= 4 is 15.9 Å². The third-order valence-corrected chi connectivity index (χ3v) is 7.60. The van der Waals surface area contributed by atoms with Crippen LogP contribution in [0.25, 0.3) is 0 Å². The Balaban J connectivity index is 1.81. The molecule has 0 saturated heterocycles. The summed E-state index contributed by atoms with van der Waals surface area (Å²) >= 11 is 0. The maximum absolute atomic E-state index is 13.4. The number of nitrogens with two attached hydrogens (primary N) is 1. The van der Waals surface area contributed by atoms with E-state index in [4.69, 9.17) is 10.5 Å². The van der Waals surface area contributed by atoms with E-state index in [1.807, 2.05) is 37.3 Å². The molecule has 3 rings (SSSR count). The number of hydrogen-bond acceptors (Lipinski definition) is 5. The molecule has 0 spiro atoms. The Morgan fingerprint density at radius 3 is 2.45 bits per heavy atom. The minimum absolute atomic E-state index is 0.0822. The molecule has 33 heavy (non-hydrogen) atoms. The van der Waals surface area contributed by atoms with Gasteiger partial charge in [-0.15, -0.1) is 0 Å². The molecule has 180 valence electrons. The first kappa shape index (κ1) is 25.2. The van der Waals surface area contributed by atoms with Crippen molar-refractivity contribution in [2.75, 3.05) is 13.7 Å². The van der Waals surface area contributed by atoms with Crippen molar-refractivity contribution in [1.29, 1.82) is 0 Å². The zero-order valence-electron chi connectivity index (χ0n) is 20.1. The molecule has 1 amide bonds. The summed E-state index contributed by atoms with van der Waals surface area (Å²) in [7, 11) is -2.26. The zero-order chi connectivity index (χ0) is 24.4. The van der Waals surface area contributed by atoms with Crippen molar-refractivity contribution in [3.05, 3.63) is 59.2 Å². The van der Waals surface area contributed by atoms with E-state index in [2.05, 4.69) is 25.5 Å². The number of fused-ring (bicyclic) bond motifs is 1. The van der Waals surface area contributed by atoms with Crippen LogP contribution in [0.1, 0.15) is 63.4 Å². The van der Waals surface area contributed by atoms with Crippen LogP contribution in [0, 0.1) is 0 Å². The molecule has 1 aliphatic rings. The van der Waals surface area contributed by atoms with Gasteiger partial charge in [0, 0.05) is 6.54 Å². The Hall–Kier alpha value is -2.42. The standard InChI is InChI=1S/C25H35N3O4S/c1-6-7-22(27-33(30,31)20-11-8-18(9-12-20)25(2,3)4)24(29)28-15-14-17-16-19(32-5)10-13-21(17)23(28)26/h8-13,16,22-23,27H,6-7,14-15,26H2,1-5H3. The molecule has 2 unspecified atom stereocenters. The van der Waals surface area contributed by atoms with Crippen molar-refractivity contribution in [3.63, 3.8) is 0 Å². The molecule has 2 aromatic carbocycles. The normalized spacial score (nSPS) is 17.4. The third kappa shape index (κ3) is 5.57. The fourth-order valence-corrected chi connectivity index (χ4v) is 5.34. The van der Waals surface area contributed by atoms with Crippen LogP contribution < -0.4 is 15.2 Å². The smallest absolute Gasteiger partial charge is 0.242 e. The molecule has 2 atom stereocenters. The Morgan fingerprint density at radius 2 is 1.88 bits per heavy atom. The van der Waals surface area contributed by atoms with Crippen molar-refractivity contribution in [2.24, 2.45) is 5.73 Å². The number of hydrogen-bond donors (Lipinski definition) is 2. The van der Waals surface area contributed by atoms with Crippen molar-refractivity contribution in [3.8, 4) is 5.75 Å². The van der Waals surface area contributed by atoms with Crippen LogP contribution in [-0.4, -0.2) is 38.9 Å². The van der Waals surface area contributed by atoms with Gasteiger partial charge in [-0.1, -0.05) is 52.3 Å².